The molecule has 1 nitrogen and oxygen atoms in total. The molecule has 0 aromatic heterocycles. The van der Waals surface area contributed by atoms with Gasteiger partial charge in [0.25, 0.3) is 0 Å². The van der Waals surface area contributed by atoms with Gasteiger partial charge in [0.15, 0.2) is 0 Å². The Morgan fingerprint density at radius 3 is 1.78 bits per heavy atom. The molecule has 4 heteroatoms. The molecule has 0 fully saturated rings. The molecule has 0 aliphatic carbocycles. The number of hydrogen-bond acceptors (Lipinski definition) is 1. The van der Waals surface area contributed by atoms with Gasteiger partial charge in [-0.2, -0.15) is 0 Å². The van der Waals surface area contributed by atoms with Crippen LogP contribution in [0, 0.1) is 0 Å². The molecule has 0 heterocycles. The maximum atomic E-state index is 2.24. The first kappa shape index (κ1) is 16.6. The van der Waals surface area contributed by atoms with Crippen molar-refractivity contribution in [2.75, 3.05) is 20.6 Å². The molecule has 0 unspecified atom stereocenters. The third kappa shape index (κ3) is 17.6. The van der Waals surface area contributed by atoms with Crippen LogP contribution >= 0.6 is 24.8 Å². The Morgan fingerprint density at radius 1 is 1.22 bits per heavy atom. The Bertz CT molecular complexity index is 43.9. The van der Waals surface area contributed by atoms with Crippen LogP contribution in [0.4, 0.5) is 0 Å². The molecule has 0 aromatic rings. The molecule has 58 valence electrons. The standard InChI is InChI=1S/C5H12N.2ClH.Ga.2H/c1-4-5-6(2)3;;;;;/h1,4-5H2,2-3H3;2*1H;;;. The fourth-order valence-electron chi connectivity index (χ4n) is 0.474. The average Bonchev–Trinajstić information content (AvgIpc) is 1.61. The Kier molecular flexibility index (Phi) is 22.0. The van der Waals surface area contributed by atoms with Crippen molar-refractivity contribution in [3.05, 3.63) is 0 Å². The van der Waals surface area contributed by atoms with E-state index in [2.05, 4.69) is 19.0 Å². The number of rotatable bonds is 3. The zero-order valence-electron chi connectivity index (χ0n) is 6.39. The fraction of sp³-hybridized carbons (Fsp3) is 1.00. The van der Waals surface area contributed by atoms with Gasteiger partial charge < -0.3 is 0 Å². The van der Waals surface area contributed by atoms with E-state index in [0.717, 1.165) is 18.6 Å². The van der Waals surface area contributed by atoms with E-state index < -0.39 is 0 Å². The quantitative estimate of drug-likeness (QED) is 0.650. The summed E-state index contributed by atoms with van der Waals surface area (Å²) >= 11 is 1.07. The average molecular weight is 231 g/mol. The minimum Gasteiger partial charge on any atom is -0.147 e. The largest absolute Gasteiger partial charge is 0.147 e. The van der Waals surface area contributed by atoms with Crippen LogP contribution < -0.4 is 0 Å². The van der Waals surface area contributed by atoms with E-state index in [1.54, 1.807) is 0 Å². The molecule has 0 aromatic carbocycles. The predicted octanol–water partition coefficient (Wildman–Crippen LogP) is 0.833. The van der Waals surface area contributed by atoms with Crippen LogP contribution in [0.25, 0.3) is 0 Å². The SMILES string of the molecule is CN(C)CC[CH2][GaH2].Cl.Cl. The van der Waals surface area contributed by atoms with Gasteiger partial charge in [0.05, 0.1) is 0 Å². The van der Waals surface area contributed by atoms with Crippen molar-refractivity contribution < 1.29 is 0 Å². The summed E-state index contributed by atoms with van der Waals surface area (Å²) in [7, 11) is 4.26. The van der Waals surface area contributed by atoms with Crippen molar-refractivity contribution in [1.29, 1.82) is 0 Å². The first-order chi connectivity index (χ1) is 3.27. The Morgan fingerprint density at radius 2 is 1.67 bits per heavy atom. The van der Waals surface area contributed by atoms with Gasteiger partial charge in [0.2, 0.25) is 0 Å². The second kappa shape index (κ2) is 11.9. The van der Waals surface area contributed by atoms with Crippen molar-refractivity contribution >= 4 is 43.4 Å². The molecule has 0 radical (unpaired) electrons. The Balaban J connectivity index is -0.000000180. The molecule has 9 heavy (non-hydrogen) atoms. The van der Waals surface area contributed by atoms with E-state index >= 15 is 0 Å². The van der Waals surface area contributed by atoms with Crippen molar-refractivity contribution in [2.45, 2.75) is 11.4 Å². The molecule has 0 N–H and O–H groups in total. The van der Waals surface area contributed by atoms with Gasteiger partial charge >= 0.3 is 55.5 Å². The van der Waals surface area contributed by atoms with Crippen molar-refractivity contribution in [3.63, 3.8) is 0 Å². The summed E-state index contributed by atoms with van der Waals surface area (Å²) < 4.78 is 0. The van der Waals surface area contributed by atoms with Crippen LogP contribution in [-0.4, -0.2) is 44.1 Å². The van der Waals surface area contributed by atoms with Crippen LogP contribution in [-0.2, 0) is 0 Å². The molecule has 0 saturated heterocycles. The third-order valence-corrected chi connectivity index (χ3v) is 2.44. The summed E-state index contributed by atoms with van der Waals surface area (Å²) in [4.78, 5) is 3.73. The minimum absolute atomic E-state index is 0. The van der Waals surface area contributed by atoms with Crippen LogP contribution in [0.5, 0.6) is 0 Å². The van der Waals surface area contributed by atoms with Crippen LogP contribution in [0.2, 0.25) is 4.98 Å². The second-order valence-corrected chi connectivity index (χ2v) is 4.25. The smallest absolute Gasteiger partial charge is 0.147 e. The number of hydrogen-bond donors (Lipinski definition) is 0. The normalized spacial score (nSPS) is 7.89. The number of nitrogens with zero attached hydrogens (tertiary/aromatic N) is 1. The summed E-state index contributed by atoms with van der Waals surface area (Å²) in [5.41, 5.74) is 0. The van der Waals surface area contributed by atoms with E-state index in [1.807, 2.05) is 0 Å². The van der Waals surface area contributed by atoms with E-state index in [1.165, 1.54) is 17.9 Å². The summed E-state index contributed by atoms with van der Waals surface area (Å²) in [5, 5.41) is 0. The van der Waals surface area contributed by atoms with Gasteiger partial charge in [-0.3, -0.25) is 0 Å². The van der Waals surface area contributed by atoms with Gasteiger partial charge in [-0.1, -0.05) is 0 Å². The van der Waals surface area contributed by atoms with Gasteiger partial charge in [0, 0.05) is 0 Å². The van der Waals surface area contributed by atoms with E-state index in [4.69, 9.17) is 0 Å². The Hall–Kier alpha value is 1.18. The van der Waals surface area contributed by atoms with Crippen LogP contribution in [0.3, 0.4) is 0 Å². The molecule has 0 spiro atoms. The van der Waals surface area contributed by atoms with Crippen LogP contribution in [0.15, 0.2) is 0 Å². The molecule has 0 aliphatic heterocycles. The molecular formula is C5H16Cl2GaN. The first-order valence-electron chi connectivity index (χ1n) is 2.92. The van der Waals surface area contributed by atoms with E-state index in [9.17, 15) is 0 Å². The summed E-state index contributed by atoms with van der Waals surface area (Å²) in [6.45, 7) is 1.28. The molecule has 0 saturated carbocycles. The zero-order chi connectivity index (χ0) is 5.70. The van der Waals surface area contributed by atoms with Crippen molar-refractivity contribution in [3.8, 4) is 0 Å². The molecule has 0 aliphatic rings. The summed E-state index contributed by atoms with van der Waals surface area (Å²) in [5.74, 6) is 0. The van der Waals surface area contributed by atoms with Crippen molar-refractivity contribution in [1.82, 2.24) is 4.90 Å². The second-order valence-electron chi connectivity index (χ2n) is 2.16. The Labute approximate surface area is 80.3 Å². The molecule has 0 atom stereocenters. The molecule has 0 bridgehead atoms. The number of halogens is 2. The maximum absolute atomic E-state index is 2.24. The van der Waals surface area contributed by atoms with Gasteiger partial charge in [-0.05, 0) is 0 Å². The predicted molar refractivity (Wildman–Crippen MR) is 51.0 cm³/mol. The molecule has 0 rings (SSSR count). The monoisotopic (exact) mass is 229 g/mol. The van der Waals surface area contributed by atoms with Crippen LogP contribution in [0.1, 0.15) is 6.42 Å². The molecular weight excluding hydrogens is 215 g/mol. The van der Waals surface area contributed by atoms with Gasteiger partial charge in [0.1, 0.15) is 0 Å². The summed E-state index contributed by atoms with van der Waals surface area (Å²) in [6, 6.07) is 0. The minimum atomic E-state index is 0. The fourth-order valence-corrected chi connectivity index (χ4v) is 1.14. The van der Waals surface area contributed by atoms with Crippen molar-refractivity contribution in [2.24, 2.45) is 0 Å². The van der Waals surface area contributed by atoms with Gasteiger partial charge in [-0.15, -0.1) is 24.8 Å². The maximum Gasteiger partial charge on any atom is -0.147 e. The zero-order valence-corrected chi connectivity index (χ0v) is 12.2. The van der Waals surface area contributed by atoms with E-state index in [-0.39, 0.29) is 24.8 Å². The topological polar surface area (TPSA) is 3.24 Å². The molecule has 0 amide bonds. The van der Waals surface area contributed by atoms with Gasteiger partial charge in [-0.25, -0.2) is 0 Å². The first-order valence-corrected chi connectivity index (χ1v) is 5.88. The van der Waals surface area contributed by atoms with E-state index in [0.29, 0.717) is 0 Å². The summed E-state index contributed by atoms with van der Waals surface area (Å²) in [6.07, 6.45) is 1.41. The third-order valence-electron chi connectivity index (χ3n) is 0.959.